The summed E-state index contributed by atoms with van der Waals surface area (Å²) in [6.45, 7) is 7.37. The first kappa shape index (κ1) is 16.7. The van der Waals surface area contributed by atoms with Crippen LogP contribution in [0.2, 0.25) is 0 Å². The molecule has 0 saturated heterocycles. The van der Waals surface area contributed by atoms with Crippen LogP contribution in [-0.2, 0) is 6.54 Å². The fourth-order valence-corrected chi connectivity index (χ4v) is 3.08. The van der Waals surface area contributed by atoms with Gasteiger partial charge in [-0.25, -0.2) is 4.98 Å². The van der Waals surface area contributed by atoms with Crippen LogP contribution in [0.4, 0.5) is 5.82 Å². The van der Waals surface area contributed by atoms with Gasteiger partial charge in [-0.2, -0.15) is 0 Å². The maximum Gasteiger partial charge on any atom is 0.133 e. The molecule has 0 aliphatic heterocycles. The quantitative estimate of drug-likeness (QED) is 0.777. The Morgan fingerprint density at radius 3 is 2.71 bits per heavy atom. The minimum Gasteiger partial charge on any atom is -0.353 e. The molecule has 1 aromatic rings. The van der Waals surface area contributed by atoms with Crippen LogP contribution in [0.5, 0.6) is 0 Å². The maximum atomic E-state index is 4.70. The van der Waals surface area contributed by atoms with Crippen LogP contribution in [0.1, 0.15) is 32.3 Å². The van der Waals surface area contributed by atoms with Crippen molar-refractivity contribution >= 4 is 21.7 Å². The summed E-state index contributed by atoms with van der Waals surface area (Å²) in [7, 11) is 4.24. The van der Waals surface area contributed by atoms with Crippen molar-refractivity contribution in [2.75, 3.05) is 32.1 Å². The number of anilines is 1. The second-order valence-corrected chi connectivity index (χ2v) is 7.10. The largest absolute Gasteiger partial charge is 0.353 e. The van der Waals surface area contributed by atoms with E-state index < -0.39 is 0 Å². The van der Waals surface area contributed by atoms with E-state index in [4.69, 9.17) is 4.98 Å². The zero-order chi connectivity index (χ0) is 15.4. The Morgan fingerprint density at radius 1 is 1.43 bits per heavy atom. The van der Waals surface area contributed by atoms with E-state index in [9.17, 15) is 0 Å². The number of pyridine rings is 1. The summed E-state index contributed by atoms with van der Waals surface area (Å²) in [6.07, 6.45) is 4.53. The molecule has 1 saturated carbocycles. The third-order valence-electron chi connectivity index (χ3n) is 3.84. The Kier molecular flexibility index (Phi) is 6.02. The van der Waals surface area contributed by atoms with E-state index in [0.29, 0.717) is 12.1 Å². The van der Waals surface area contributed by atoms with E-state index in [1.165, 1.54) is 18.4 Å². The monoisotopic (exact) mass is 354 g/mol. The summed E-state index contributed by atoms with van der Waals surface area (Å²) < 4.78 is 1.05. The van der Waals surface area contributed by atoms with Gasteiger partial charge < -0.3 is 15.1 Å². The zero-order valence-electron chi connectivity index (χ0n) is 13.6. The van der Waals surface area contributed by atoms with Crippen LogP contribution in [-0.4, -0.2) is 49.2 Å². The van der Waals surface area contributed by atoms with Gasteiger partial charge in [0, 0.05) is 48.0 Å². The number of halogens is 1. The van der Waals surface area contributed by atoms with Gasteiger partial charge in [0.15, 0.2) is 0 Å². The standard InChI is InChI=1S/C16H27BrN4/c1-5-21(12(2)11-20(3)4)16-13(8-14(17)10-19-16)9-18-15-6-7-15/h8,10,12,15,18H,5-7,9,11H2,1-4H3. The van der Waals surface area contributed by atoms with Gasteiger partial charge in [0.1, 0.15) is 5.82 Å². The van der Waals surface area contributed by atoms with Crippen LogP contribution in [0.25, 0.3) is 0 Å². The van der Waals surface area contributed by atoms with E-state index in [-0.39, 0.29) is 0 Å². The molecule has 0 bridgehead atoms. The highest BCUT2D eigenvalue weighted by atomic mass is 79.9. The molecule has 1 heterocycles. The number of nitrogens with one attached hydrogen (secondary N) is 1. The molecule has 0 spiro atoms. The first-order valence-corrected chi connectivity index (χ1v) is 8.59. The van der Waals surface area contributed by atoms with E-state index >= 15 is 0 Å². The first-order chi connectivity index (χ1) is 10.0. The Balaban J connectivity index is 2.17. The second kappa shape index (κ2) is 7.56. The van der Waals surface area contributed by atoms with Gasteiger partial charge in [-0.15, -0.1) is 0 Å². The molecule has 1 atom stereocenters. The molecule has 1 aromatic heterocycles. The third kappa shape index (κ3) is 4.94. The molecule has 1 aliphatic carbocycles. The van der Waals surface area contributed by atoms with Gasteiger partial charge in [0.25, 0.3) is 0 Å². The molecule has 118 valence electrons. The molecule has 4 nitrogen and oxygen atoms in total. The molecule has 1 fully saturated rings. The molecular formula is C16H27BrN4. The summed E-state index contributed by atoms with van der Waals surface area (Å²) in [6, 6.07) is 3.35. The third-order valence-corrected chi connectivity index (χ3v) is 4.28. The molecule has 0 radical (unpaired) electrons. The predicted octanol–water partition coefficient (Wildman–Crippen LogP) is 2.87. The van der Waals surface area contributed by atoms with Crippen LogP contribution in [0.15, 0.2) is 16.7 Å². The minimum atomic E-state index is 0.443. The number of rotatable bonds is 8. The lowest BCUT2D eigenvalue weighted by Crippen LogP contribution is -2.41. The highest BCUT2D eigenvalue weighted by Gasteiger charge is 2.22. The van der Waals surface area contributed by atoms with Crippen LogP contribution in [0, 0.1) is 0 Å². The van der Waals surface area contributed by atoms with Gasteiger partial charge in [-0.3, -0.25) is 0 Å². The van der Waals surface area contributed by atoms with E-state index in [1.807, 2.05) is 6.20 Å². The molecule has 21 heavy (non-hydrogen) atoms. The van der Waals surface area contributed by atoms with Crippen molar-refractivity contribution < 1.29 is 0 Å². The van der Waals surface area contributed by atoms with E-state index in [1.54, 1.807) is 0 Å². The number of aromatic nitrogens is 1. The molecule has 2 rings (SSSR count). The molecule has 1 aliphatic rings. The number of likely N-dealkylation sites (N-methyl/N-ethyl adjacent to an activating group) is 2. The van der Waals surface area contributed by atoms with Crippen molar-refractivity contribution in [3.63, 3.8) is 0 Å². The number of nitrogens with zero attached hydrogens (tertiary/aromatic N) is 3. The zero-order valence-corrected chi connectivity index (χ0v) is 15.2. The lowest BCUT2D eigenvalue weighted by Gasteiger charge is -2.32. The molecule has 0 aromatic carbocycles. The Labute approximate surface area is 137 Å². The smallest absolute Gasteiger partial charge is 0.133 e. The van der Waals surface area contributed by atoms with Gasteiger partial charge in [0.05, 0.1) is 0 Å². The van der Waals surface area contributed by atoms with Crippen molar-refractivity contribution in [1.82, 2.24) is 15.2 Å². The van der Waals surface area contributed by atoms with E-state index in [2.05, 4.69) is 65.1 Å². The Hall–Kier alpha value is -0.650. The fourth-order valence-electron chi connectivity index (χ4n) is 2.70. The van der Waals surface area contributed by atoms with Gasteiger partial charge >= 0.3 is 0 Å². The molecule has 5 heteroatoms. The lowest BCUT2D eigenvalue weighted by molar-refractivity contribution is 0.372. The SMILES string of the molecule is CCN(c1ncc(Br)cc1CNC1CC1)C(C)CN(C)C. The molecule has 0 amide bonds. The fraction of sp³-hybridized carbons (Fsp3) is 0.688. The predicted molar refractivity (Wildman–Crippen MR) is 92.8 cm³/mol. The summed E-state index contributed by atoms with van der Waals surface area (Å²) in [5, 5.41) is 3.60. The van der Waals surface area contributed by atoms with Crippen molar-refractivity contribution in [2.45, 2.75) is 45.3 Å². The summed E-state index contributed by atoms with van der Waals surface area (Å²) in [4.78, 5) is 9.33. The van der Waals surface area contributed by atoms with E-state index in [0.717, 1.165) is 29.9 Å². The van der Waals surface area contributed by atoms with Crippen LogP contribution >= 0.6 is 15.9 Å². The first-order valence-electron chi connectivity index (χ1n) is 7.80. The summed E-state index contributed by atoms with van der Waals surface area (Å²) in [5.41, 5.74) is 1.28. The van der Waals surface area contributed by atoms with Gasteiger partial charge in [-0.05, 0) is 62.8 Å². The molecule has 1 N–H and O–H groups in total. The second-order valence-electron chi connectivity index (χ2n) is 6.19. The highest BCUT2D eigenvalue weighted by Crippen LogP contribution is 2.25. The normalized spacial score (nSPS) is 16.3. The topological polar surface area (TPSA) is 31.4 Å². The van der Waals surface area contributed by atoms with Gasteiger partial charge in [0.2, 0.25) is 0 Å². The Bertz CT molecular complexity index is 460. The summed E-state index contributed by atoms with van der Waals surface area (Å²) in [5.74, 6) is 1.11. The lowest BCUT2D eigenvalue weighted by atomic mass is 10.2. The van der Waals surface area contributed by atoms with Gasteiger partial charge in [-0.1, -0.05) is 0 Å². The molecule has 1 unspecified atom stereocenters. The van der Waals surface area contributed by atoms with Crippen molar-refractivity contribution in [1.29, 1.82) is 0 Å². The molecular weight excluding hydrogens is 328 g/mol. The average molecular weight is 355 g/mol. The van der Waals surface area contributed by atoms with Crippen molar-refractivity contribution in [3.8, 4) is 0 Å². The number of hydrogen-bond acceptors (Lipinski definition) is 4. The average Bonchev–Trinajstić information content (AvgIpc) is 3.22. The highest BCUT2D eigenvalue weighted by molar-refractivity contribution is 9.10. The number of hydrogen-bond donors (Lipinski definition) is 1. The van der Waals surface area contributed by atoms with Crippen LogP contribution < -0.4 is 10.2 Å². The minimum absolute atomic E-state index is 0.443. The Morgan fingerprint density at radius 2 is 2.14 bits per heavy atom. The van der Waals surface area contributed by atoms with Crippen molar-refractivity contribution in [3.05, 3.63) is 22.3 Å². The van der Waals surface area contributed by atoms with Crippen LogP contribution in [0.3, 0.4) is 0 Å². The summed E-state index contributed by atoms with van der Waals surface area (Å²) >= 11 is 3.55. The maximum absolute atomic E-state index is 4.70. The van der Waals surface area contributed by atoms with Crippen molar-refractivity contribution in [2.24, 2.45) is 0 Å².